The van der Waals surface area contributed by atoms with Crippen molar-refractivity contribution in [1.82, 2.24) is 9.97 Å². The number of pyridine rings is 1. The van der Waals surface area contributed by atoms with Gasteiger partial charge >= 0.3 is 0 Å². The number of hydrogen-bond donors (Lipinski definition) is 2. The third-order valence-electron chi connectivity index (χ3n) is 4.83. The molecule has 6 heteroatoms. The number of nitriles is 1. The third-order valence-corrected chi connectivity index (χ3v) is 6.09. The Bertz CT molecular complexity index is 1440. The van der Waals surface area contributed by atoms with E-state index in [2.05, 4.69) is 39.6 Å². The van der Waals surface area contributed by atoms with E-state index in [-0.39, 0.29) is 0 Å². The minimum atomic E-state index is 0.516. The van der Waals surface area contributed by atoms with Gasteiger partial charge in [0.25, 0.3) is 0 Å². The monoisotopic (exact) mass is 426 g/mol. The van der Waals surface area contributed by atoms with Crippen LogP contribution in [-0.2, 0) is 0 Å². The van der Waals surface area contributed by atoms with E-state index in [0.29, 0.717) is 5.56 Å². The number of rotatable bonds is 4. The summed E-state index contributed by atoms with van der Waals surface area (Å²) < 4.78 is 0. The van der Waals surface area contributed by atoms with Crippen molar-refractivity contribution in [1.29, 1.82) is 5.26 Å². The molecule has 0 saturated carbocycles. The average Bonchev–Trinajstić information content (AvgIpc) is 3.40. The summed E-state index contributed by atoms with van der Waals surface area (Å²) in [7, 11) is 0. The lowest BCUT2D eigenvalue weighted by molar-refractivity contribution is 1.38. The number of H-pyrrole nitrogens is 1. The molecule has 30 heavy (non-hydrogen) atoms. The molecule has 0 spiro atoms. The van der Waals surface area contributed by atoms with Crippen molar-refractivity contribution in [3.05, 3.63) is 88.0 Å². The van der Waals surface area contributed by atoms with E-state index in [0.717, 1.165) is 48.0 Å². The second-order valence-electron chi connectivity index (χ2n) is 6.82. The zero-order valence-electron chi connectivity index (χ0n) is 15.7. The van der Waals surface area contributed by atoms with Gasteiger partial charge in [-0.25, -0.2) is 4.98 Å². The Hall–Kier alpha value is -3.59. The summed E-state index contributed by atoms with van der Waals surface area (Å²) in [6.45, 7) is 0. The first kappa shape index (κ1) is 18.4. The molecule has 0 amide bonds. The SMILES string of the molecule is N#Cc1cnc2sc(/C=C/c3ccc(Cl)cc3)cc2c1Nc1ccc2[nH]ccc2c1. The normalized spacial score (nSPS) is 11.3. The van der Waals surface area contributed by atoms with E-state index < -0.39 is 0 Å². The van der Waals surface area contributed by atoms with Gasteiger partial charge in [-0.15, -0.1) is 11.3 Å². The van der Waals surface area contributed by atoms with E-state index in [4.69, 9.17) is 11.6 Å². The van der Waals surface area contributed by atoms with Crippen molar-refractivity contribution in [2.24, 2.45) is 0 Å². The van der Waals surface area contributed by atoms with E-state index in [1.165, 1.54) is 0 Å². The first-order valence-electron chi connectivity index (χ1n) is 9.30. The minimum Gasteiger partial charge on any atom is -0.361 e. The van der Waals surface area contributed by atoms with Crippen LogP contribution in [0, 0.1) is 11.3 Å². The van der Waals surface area contributed by atoms with Crippen LogP contribution in [0.15, 0.2) is 67.0 Å². The summed E-state index contributed by atoms with van der Waals surface area (Å²) in [6.07, 6.45) is 7.64. The van der Waals surface area contributed by atoms with Gasteiger partial charge in [-0.1, -0.05) is 29.8 Å². The Balaban J connectivity index is 1.53. The first-order chi connectivity index (χ1) is 14.7. The largest absolute Gasteiger partial charge is 0.361 e. The van der Waals surface area contributed by atoms with Crippen LogP contribution in [-0.4, -0.2) is 9.97 Å². The Labute approximate surface area is 182 Å². The van der Waals surface area contributed by atoms with Crippen molar-refractivity contribution in [2.75, 3.05) is 5.32 Å². The molecule has 0 radical (unpaired) electrons. The zero-order valence-corrected chi connectivity index (χ0v) is 17.3. The molecule has 5 rings (SSSR count). The highest BCUT2D eigenvalue weighted by atomic mass is 35.5. The molecule has 0 aliphatic carbocycles. The molecule has 2 N–H and O–H groups in total. The van der Waals surface area contributed by atoms with E-state index in [1.54, 1.807) is 17.5 Å². The van der Waals surface area contributed by atoms with Crippen molar-refractivity contribution < 1.29 is 0 Å². The van der Waals surface area contributed by atoms with Crippen molar-refractivity contribution in [3.8, 4) is 6.07 Å². The number of benzene rings is 2. The number of nitrogens with one attached hydrogen (secondary N) is 2. The van der Waals surface area contributed by atoms with Gasteiger partial charge in [0, 0.05) is 44.3 Å². The number of aromatic amines is 1. The highest BCUT2D eigenvalue weighted by molar-refractivity contribution is 7.19. The molecule has 0 aliphatic rings. The van der Waals surface area contributed by atoms with Crippen LogP contribution in [0.3, 0.4) is 0 Å². The van der Waals surface area contributed by atoms with Crippen LogP contribution < -0.4 is 5.32 Å². The maximum Gasteiger partial charge on any atom is 0.125 e. The Morgan fingerprint density at radius 1 is 1.07 bits per heavy atom. The summed E-state index contributed by atoms with van der Waals surface area (Å²) in [5.41, 5.74) is 4.37. The molecule has 4 nitrogen and oxygen atoms in total. The van der Waals surface area contributed by atoms with Gasteiger partial charge in [0.15, 0.2) is 0 Å². The maximum atomic E-state index is 9.62. The topological polar surface area (TPSA) is 64.5 Å². The highest BCUT2D eigenvalue weighted by Gasteiger charge is 2.12. The molecule has 2 aromatic carbocycles. The van der Waals surface area contributed by atoms with E-state index in [1.807, 2.05) is 54.7 Å². The first-order valence-corrected chi connectivity index (χ1v) is 10.5. The molecule has 0 unspecified atom stereocenters. The van der Waals surface area contributed by atoms with E-state index in [9.17, 15) is 5.26 Å². The van der Waals surface area contributed by atoms with Crippen LogP contribution in [0.2, 0.25) is 5.02 Å². The molecule has 3 aromatic heterocycles. The minimum absolute atomic E-state index is 0.516. The summed E-state index contributed by atoms with van der Waals surface area (Å²) in [5, 5.41) is 15.8. The standard InChI is InChI=1S/C24H15ClN4S/c25-18-4-1-15(2-5-18)3-7-20-12-21-23(17(13-26)14-28-24(21)30-20)29-19-6-8-22-16(11-19)9-10-27-22/h1-12,14,27H,(H,28,29)/b7-3+. The van der Waals surface area contributed by atoms with Crippen LogP contribution in [0.1, 0.15) is 16.0 Å². The van der Waals surface area contributed by atoms with Crippen LogP contribution in [0.4, 0.5) is 11.4 Å². The molecular weight excluding hydrogens is 412 g/mol. The lowest BCUT2D eigenvalue weighted by Gasteiger charge is -2.09. The van der Waals surface area contributed by atoms with E-state index >= 15 is 0 Å². The second-order valence-corrected chi connectivity index (χ2v) is 8.31. The Kier molecular flexibility index (Phi) is 4.72. The molecule has 144 valence electrons. The predicted molar refractivity (Wildman–Crippen MR) is 126 cm³/mol. The fraction of sp³-hybridized carbons (Fsp3) is 0. The van der Waals surface area contributed by atoms with Crippen LogP contribution in [0.5, 0.6) is 0 Å². The van der Waals surface area contributed by atoms with Crippen LogP contribution >= 0.6 is 22.9 Å². The third kappa shape index (κ3) is 3.55. The maximum absolute atomic E-state index is 9.62. The predicted octanol–water partition coefficient (Wildman–Crippen LogP) is 7.22. The number of anilines is 2. The molecule has 3 heterocycles. The molecule has 0 saturated heterocycles. The van der Waals surface area contributed by atoms with Gasteiger partial charge in [-0.3, -0.25) is 0 Å². The number of halogens is 1. The number of aromatic nitrogens is 2. The average molecular weight is 427 g/mol. The molecule has 0 atom stereocenters. The zero-order chi connectivity index (χ0) is 20.5. The molecule has 0 aliphatic heterocycles. The number of nitrogens with zero attached hydrogens (tertiary/aromatic N) is 2. The fourth-order valence-corrected chi connectivity index (χ4v) is 4.38. The van der Waals surface area contributed by atoms with Gasteiger partial charge in [0.1, 0.15) is 10.9 Å². The second kappa shape index (κ2) is 7.68. The summed E-state index contributed by atoms with van der Waals surface area (Å²) in [5.74, 6) is 0. The summed E-state index contributed by atoms with van der Waals surface area (Å²) >= 11 is 7.54. The molecule has 5 aromatic rings. The van der Waals surface area contributed by atoms with Crippen molar-refractivity contribution in [2.45, 2.75) is 0 Å². The van der Waals surface area contributed by atoms with Gasteiger partial charge in [-0.05, 0) is 54.1 Å². The lowest BCUT2D eigenvalue weighted by Crippen LogP contribution is -1.95. The number of hydrogen-bond acceptors (Lipinski definition) is 4. The molecular formula is C24H15ClN4S. The van der Waals surface area contributed by atoms with Gasteiger partial charge in [-0.2, -0.15) is 5.26 Å². The van der Waals surface area contributed by atoms with Crippen molar-refractivity contribution >= 4 is 67.6 Å². The van der Waals surface area contributed by atoms with Crippen molar-refractivity contribution in [3.63, 3.8) is 0 Å². The van der Waals surface area contributed by atoms with Gasteiger partial charge in [0.2, 0.25) is 0 Å². The molecule has 0 bridgehead atoms. The molecule has 0 fully saturated rings. The number of fused-ring (bicyclic) bond motifs is 2. The lowest BCUT2D eigenvalue weighted by atomic mass is 10.1. The smallest absolute Gasteiger partial charge is 0.125 e. The Morgan fingerprint density at radius 3 is 2.77 bits per heavy atom. The van der Waals surface area contributed by atoms with Crippen LogP contribution in [0.25, 0.3) is 33.3 Å². The highest BCUT2D eigenvalue weighted by Crippen LogP contribution is 2.35. The van der Waals surface area contributed by atoms with Gasteiger partial charge < -0.3 is 10.3 Å². The fourth-order valence-electron chi connectivity index (χ4n) is 3.34. The number of thiophene rings is 1. The summed E-state index contributed by atoms with van der Waals surface area (Å²) in [4.78, 5) is 9.62. The Morgan fingerprint density at radius 2 is 1.93 bits per heavy atom. The summed E-state index contributed by atoms with van der Waals surface area (Å²) in [6, 6.07) is 20.1. The quantitative estimate of drug-likeness (QED) is 0.319. The van der Waals surface area contributed by atoms with Gasteiger partial charge in [0.05, 0.1) is 11.3 Å².